The van der Waals surface area contributed by atoms with Gasteiger partial charge in [0.2, 0.25) is 0 Å². The molecule has 3 rings (SSSR count). The smallest absolute Gasteiger partial charge is 0.336 e. The number of carbonyl (C=O) groups excluding carboxylic acids is 1. The number of aliphatic imine (C=N–C) groups is 1. The molecular weight excluding hydrogens is 380 g/mol. The lowest BCUT2D eigenvalue weighted by Crippen LogP contribution is -2.23. The molecule has 28 heavy (non-hydrogen) atoms. The zero-order valence-electron chi connectivity index (χ0n) is 15.5. The first-order valence-electron chi connectivity index (χ1n) is 8.28. The van der Waals surface area contributed by atoms with E-state index in [9.17, 15) is 19.8 Å². The lowest BCUT2D eigenvalue weighted by atomic mass is 10.1. The number of thioether (sulfide) groups is 1. The predicted octanol–water partition coefficient (Wildman–Crippen LogP) is 3.64. The molecule has 0 aliphatic carbocycles. The second-order valence-corrected chi connectivity index (χ2v) is 7.03. The average molecular weight is 398 g/mol. The second-order valence-electron chi connectivity index (χ2n) is 6.02. The Balaban J connectivity index is 1.98. The molecule has 0 aromatic heterocycles. The fourth-order valence-corrected chi connectivity index (χ4v) is 3.66. The molecule has 0 atom stereocenters. The molecule has 2 aromatic rings. The van der Waals surface area contributed by atoms with Crippen molar-refractivity contribution < 1.29 is 24.5 Å². The largest absolute Gasteiger partial charge is 0.504 e. The maximum atomic E-state index is 12.6. The molecule has 0 saturated carbocycles. The molecule has 0 spiro atoms. The minimum Gasteiger partial charge on any atom is -0.504 e. The number of ether oxygens (including phenoxy) is 1. The van der Waals surface area contributed by atoms with E-state index in [1.807, 2.05) is 0 Å². The number of hydrogen-bond donors (Lipinski definition) is 2. The third-order valence-corrected chi connectivity index (χ3v) is 5.35. The molecule has 1 aliphatic rings. The second kappa shape index (κ2) is 7.77. The van der Waals surface area contributed by atoms with Gasteiger partial charge in [0.05, 0.1) is 23.3 Å². The van der Waals surface area contributed by atoms with Crippen molar-refractivity contribution in [3.05, 3.63) is 58.0 Å². The number of carboxylic acid groups (broad SMARTS) is 1. The van der Waals surface area contributed by atoms with Crippen molar-refractivity contribution in [2.45, 2.75) is 6.92 Å². The molecule has 1 heterocycles. The number of methoxy groups -OCH3 is 1. The summed E-state index contributed by atoms with van der Waals surface area (Å²) in [5.74, 6) is -1.03. The summed E-state index contributed by atoms with van der Waals surface area (Å²) in [7, 11) is 3.05. The standard InChI is InChI=1S/C20H18N2O5S/c1-11-13(19(25)26)7-5-8-14(11)21-20-22(2)18(24)16(28-20)10-12-6-4-9-15(27-3)17(12)23/h4-10,23H,1-3H3,(H,25,26)/b16-10+,21-20?. The third kappa shape index (κ3) is 3.59. The van der Waals surface area contributed by atoms with Gasteiger partial charge in [-0.25, -0.2) is 9.79 Å². The summed E-state index contributed by atoms with van der Waals surface area (Å²) in [6, 6.07) is 9.83. The van der Waals surface area contributed by atoms with E-state index in [2.05, 4.69) is 4.99 Å². The van der Waals surface area contributed by atoms with Gasteiger partial charge in [-0.3, -0.25) is 9.69 Å². The zero-order valence-corrected chi connectivity index (χ0v) is 16.3. The van der Waals surface area contributed by atoms with Gasteiger partial charge < -0.3 is 14.9 Å². The normalized spacial score (nSPS) is 16.8. The molecule has 144 valence electrons. The molecule has 1 fully saturated rings. The number of carboxylic acids is 1. The number of para-hydroxylation sites is 1. The molecule has 1 amide bonds. The molecule has 7 nitrogen and oxygen atoms in total. The highest BCUT2D eigenvalue weighted by Crippen LogP contribution is 2.37. The first-order valence-corrected chi connectivity index (χ1v) is 9.10. The van der Waals surface area contributed by atoms with Gasteiger partial charge in [-0.1, -0.05) is 18.2 Å². The molecule has 0 unspecified atom stereocenters. The van der Waals surface area contributed by atoms with Crippen LogP contribution in [0.15, 0.2) is 46.3 Å². The molecule has 1 saturated heterocycles. The summed E-state index contributed by atoms with van der Waals surface area (Å²) < 4.78 is 5.09. The van der Waals surface area contributed by atoms with Gasteiger partial charge in [0.15, 0.2) is 16.7 Å². The summed E-state index contributed by atoms with van der Waals surface area (Å²) in [5.41, 5.74) is 1.61. The van der Waals surface area contributed by atoms with Crippen LogP contribution < -0.4 is 4.74 Å². The number of benzene rings is 2. The molecule has 2 aromatic carbocycles. The fraction of sp³-hybridized carbons (Fsp3) is 0.150. The van der Waals surface area contributed by atoms with E-state index in [1.54, 1.807) is 50.4 Å². The van der Waals surface area contributed by atoms with E-state index in [0.717, 1.165) is 11.8 Å². The summed E-state index contributed by atoms with van der Waals surface area (Å²) in [4.78, 5) is 30.1. The Morgan fingerprint density at radius 2 is 1.96 bits per heavy atom. The number of amidine groups is 1. The Hall–Kier alpha value is -3.26. The number of hydrogen-bond acceptors (Lipinski definition) is 6. The van der Waals surface area contributed by atoms with Crippen LogP contribution in [-0.4, -0.2) is 46.3 Å². The Morgan fingerprint density at radius 1 is 1.25 bits per heavy atom. The number of nitrogens with zero attached hydrogens (tertiary/aromatic N) is 2. The monoisotopic (exact) mass is 398 g/mol. The van der Waals surface area contributed by atoms with Gasteiger partial charge in [-0.05, 0) is 48.5 Å². The number of rotatable bonds is 4. The maximum Gasteiger partial charge on any atom is 0.336 e. The van der Waals surface area contributed by atoms with Crippen LogP contribution in [0.5, 0.6) is 11.5 Å². The number of phenolic OH excluding ortho intramolecular Hbond substituents is 1. The first-order chi connectivity index (χ1) is 13.3. The van der Waals surface area contributed by atoms with E-state index in [-0.39, 0.29) is 17.2 Å². The van der Waals surface area contributed by atoms with Crippen LogP contribution in [0, 0.1) is 6.92 Å². The van der Waals surface area contributed by atoms with Crippen molar-refractivity contribution in [1.29, 1.82) is 0 Å². The van der Waals surface area contributed by atoms with Gasteiger partial charge in [-0.15, -0.1) is 0 Å². The van der Waals surface area contributed by atoms with Crippen LogP contribution in [0.25, 0.3) is 6.08 Å². The predicted molar refractivity (Wildman–Crippen MR) is 108 cm³/mol. The molecule has 0 bridgehead atoms. The minimum atomic E-state index is -1.03. The lowest BCUT2D eigenvalue weighted by Gasteiger charge is -2.09. The maximum absolute atomic E-state index is 12.6. The number of aromatic carboxylic acids is 1. The minimum absolute atomic E-state index is 0.0519. The number of amides is 1. The number of phenols is 1. The summed E-state index contributed by atoms with van der Waals surface area (Å²) in [5, 5.41) is 19.9. The highest BCUT2D eigenvalue weighted by Gasteiger charge is 2.31. The third-order valence-electron chi connectivity index (χ3n) is 4.29. The molecule has 0 radical (unpaired) electrons. The highest BCUT2D eigenvalue weighted by molar-refractivity contribution is 8.18. The van der Waals surface area contributed by atoms with Crippen LogP contribution in [0.2, 0.25) is 0 Å². The van der Waals surface area contributed by atoms with Crippen LogP contribution in [0.3, 0.4) is 0 Å². The van der Waals surface area contributed by atoms with Gasteiger partial charge in [0, 0.05) is 12.6 Å². The van der Waals surface area contributed by atoms with Gasteiger partial charge in [0.1, 0.15) is 0 Å². The van der Waals surface area contributed by atoms with Gasteiger partial charge >= 0.3 is 5.97 Å². The van der Waals surface area contributed by atoms with Crippen molar-refractivity contribution in [3.63, 3.8) is 0 Å². The topological polar surface area (TPSA) is 99.4 Å². The summed E-state index contributed by atoms with van der Waals surface area (Å²) in [6.45, 7) is 1.68. The van der Waals surface area contributed by atoms with E-state index < -0.39 is 5.97 Å². The average Bonchev–Trinajstić information content (AvgIpc) is 2.92. The van der Waals surface area contributed by atoms with E-state index in [4.69, 9.17) is 4.74 Å². The van der Waals surface area contributed by atoms with Gasteiger partial charge in [0.25, 0.3) is 5.91 Å². The van der Waals surface area contributed by atoms with Crippen molar-refractivity contribution in [3.8, 4) is 11.5 Å². The number of carbonyl (C=O) groups is 2. The Kier molecular flexibility index (Phi) is 5.41. The van der Waals surface area contributed by atoms with Crippen LogP contribution in [0.1, 0.15) is 21.5 Å². The lowest BCUT2D eigenvalue weighted by molar-refractivity contribution is -0.121. The summed E-state index contributed by atoms with van der Waals surface area (Å²) >= 11 is 1.15. The van der Waals surface area contributed by atoms with E-state index in [1.165, 1.54) is 18.1 Å². The molecule has 2 N–H and O–H groups in total. The van der Waals surface area contributed by atoms with Crippen LogP contribution in [0.4, 0.5) is 5.69 Å². The number of aromatic hydroxyl groups is 1. The molecular formula is C20H18N2O5S. The van der Waals surface area contributed by atoms with Crippen molar-refractivity contribution in [2.75, 3.05) is 14.2 Å². The van der Waals surface area contributed by atoms with E-state index in [0.29, 0.717) is 32.6 Å². The fourth-order valence-electron chi connectivity index (χ4n) is 2.69. The van der Waals surface area contributed by atoms with Crippen LogP contribution in [-0.2, 0) is 4.79 Å². The van der Waals surface area contributed by atoms with Gasteiger partial charge in [-0.2, -0.15) is 0 Å². The van der Waals surface area contributed by atoms with Crippen molar-refractivity contribution >= 4 is 40.6 Å². The Bertz CT molecular complexity index is 1030. The summed E-state index contributed by atoms with van der Waals surface area (Å²) in [6.07, 6.45) is 1.57. The zero-order chi connectivity index (χ0) is 20.4. The molecule has 8 heteroatoms. The Morgan fingerprint density at radius 3 is 2.64 bits per heavy atom. The first kappa shape index (κ1) is 19.5. The molecule has 1 aliphatic heterocycles. The quantitative estimate of drug-likeness (QED) is 0.763. The van der Waals surface area contributed by atoms with Crippen molar-refractivity contribution in [2.24, 2.45) is 4.99 Å². The highest BCUT2D eigenvalue weighted by atomic mass is 32.2. The number of likely N-dealkylation sites (N-methyl/N-ethyl adjacent to an activating group) is 1. The SMILES string of the molecule is COc1cccc(/C=C2/SC(=Nc3cccc(C(=O)O)c3C)N(C)C2=O)c1O. The van der Waals surface area contributed by atoms with Crippen molar-refractivity contribution in [1.82, 2.24) is 4.90 Å². The van der Waals surface area contributed by atoms with Crippen LogP contribution >= 0.6 is 11.8 Å². The Labute approximate surface area is 166 Å². The van der Waals surface area contributed by atoms with E-state index >= 15 is 0 Å².